The van der Waals surface area contributed by atoms with Gasteiger partial charge in [-0.05, 0) is 40.5 Å². The number of aromatic nitrogens is 3. The van der Waals surface area contributed by atoms with Gasteiger partial charge in [-0.15, -0.1) is 0 Å². The van der Waals surface area contributed by atoms with Crippen LogP contribution in [0.25, 0.3) is 0 Å². The molecule has 21 heavy (non-hydrogen) atoms. The van der Waals surface area contributed by atoms with Crippen molar-refractivity contribution in [2.45, 2.75) is 59.1 Å². The van der Waals surface area contributed by atoms with Gasteiger partial charge in [0.05, 0.1) is 6.10 Å². The Bertz CT molecular complexity index is 437. The number of ether oxygens (including phenoxy) is 1. The van der Waals surface area contributed by atoms with Crippen LogP contribution in [0.5, 0.6) is 6.01 Å². The summed E-state index contributed by atoms with van der Waals surface area (Å²) < 4.78 is 5.56. The van der Waals surface area contributed by atoms with Crippen molar-refractivity contribution in [3.63, 3.8) is 0 Å². The largest absolute Gasteiger partial charge is 0.461 e. The summed E-state index contributed by atoms with van der Waals surface area (Å²) in [4.78, 5) is 12.9. The zero-order valence-electron chi connectivity index (χ0n) is 13.6. The highest BCUT2D eigenvalue weighted by Gasteiger charge is 2.19. The molecule has 0 radical (unpaired) electrons. The third-order valence-corrected chi connectivity index (χ3v) is 2.68. The lowest BCUT2D eigenvalue weighted by Crippen LogP contribution is -2.33. The molecule has 0 unspecified atom stereocenters. The van der Waals surface area contributed by atoms with Crippen molar-refractivity contribution in [1.29, 1.82) is 0 Å². The van der Waals surface area contributed by atoms with E-state index in [0.29, 0.717) is 24.3 Å². The average molecular weight is 297 g/mol. The van der Waals surface area contributed by atoms with E-state index >= 15 is 0 Å². The number of hydrogen-bond donors (Lipinski definition) is 3. The van der Waals surface area contributed by atoms with E-state index in [1.165, 1.54) is 0 Å². The third-order valence-electron chi connectivity index (χ3n) is 2.68. The zero-order chi connectivity index (χ0) is 15.9. The van der Waals surface area contributed by atoms with Crippen molar-refractivity contribution in [1.82, 2.24) is 15.0 Å². The van der Waals surface area contributed by atoms with Gasteiger partial charge < -0.3 is 20.5 Å². The van der Waals surface area contributed by atoms with Crippen LogP contribution in [0.3, 0.4) is 0 Å². The minimum Gasteiger partial charge on any atom is -0.461 e. The maximum Gasteiger partial charge on any atom is 0.323 e. The Morgan fingerprint density at radius 3 is 2.43 bits per heavy atom. The predicted molar refractivity (Wildman–Crippen MR) is 83.8 cm³/mol. The highest BCUT2D eigenvalue weighted by atomic mass is 16.5. The Hall–Kier alpha value is -1.63. The quantitative estimate of drug-likeness (QED) is 0.642. The van der Waals surface area contributed by atoms with Crippen LogP contribution in [0.4, 0.5) is 11.9 Å². The maximum absolute atomic E-state index is 9.09. The lowest BCUT2D eigenvalue weighted by molar-refractivity contribution is 0.222. The molecule has 0 fully saturated rings. The highest BCUT2D eigenvalue weighted by Crippen LogP contribution is 2.18. The van der Waals surface area contributed by atoms with Crippen molar-refractivity contribution in [3.05, 3.63) is 0 Å². The molecule has 0 aliphatic carbocycles. The van der Waals surface area contributed by atoms with Gasteiger partial charge in [0.25, 0.3) is 0 Å². The first-order valence-corrected chi connectivity index (χ1v) is 7.42. The predicted octanol–water partition coefficient (Wildman–Crippen LogP) is 2.05. The van der Waals surface area contributed by atoms with Gasteiger partial charge in [0, 0.05) is 18.7 Å². The highest BCUT2D eigenvalue weighted by molar-refractivity contribution is 5.37. The summed E-state index contributed by atoms with van der Waals surface area (Å²) in [5.41, 5.74) is -0.312. The van der Waals surface area contributed by atoms with Crippen LogP contribution in [-0.4, -0.2) is 44.9 Å². The molecule has 0 saturated heterocycles. The monoisotopic (exact) mass is 297 g/mol. The van der Waals surface area contributed by atoms with E-state index in [9.17, 15) is 0 Å². The van der Waals surface area contributed by atoms with Crippen LogP contribution in [-0.2, 0) is 0 Å². The number of nitrogens with one attached hydrogen (secondary N) is 2. The third kappa shape index (κ3) is 6.57. The molecule has 0 amide bonds. The number of hydrogen-bond acceptors (Lipinski definition) is 7. The summed E-state index contributed by atoms with van der Waals surface area (Å²) >= 11 is 0. The Morgan fingerprint density at radius 1 is 1.19 bits per heavy atom. The van der Waals surface area contributed by atoms with Gasteiger partial charge in [0.2, 0.25) is 11.9 Å². The van der Waals surface area contributed by atoms with Gasteiger partial charge in [-0.1, -0.05) is 6.92 Å². The van der Waals surface area contributed by atoms with E-state index < -0.39 is 0 Å². The molecule has 1 rings (SSSR count). The van der Waals surface area contributed by atoms with Crippen LogP contribution in [0.1, 0.15) is 47.5 Å². The molecule has 1 heterocycles. The minimum absolute atomic E-state index is 0.00951. The average Bonchev–Trinajstić information content (AvgIpc) is 2.34. The molecule has 0 aromatic carbocycles. The Balaban J connectivity index is 2.94. The van der Waals surface area contributed by atoms with Crippen LogP contribution >= 0.6 is 0 Å². The first kappa shape index (κ1) is 17.4. The molecule has 120 valence electrons. The van der Waals surface area contributed by atoms with Gasteiger partial charge in [-0.2, -0.15) is 15.0 Å². The minimum atomic E-state index is -0.312. The molecule has 7 heteroatoms. The second-order valence-electron chi connectivity index (χ2n) is 5.84. The van der Waals surface area contributed by atoms with Crippen molar-refractivity contribution in [3.8, 4) is 6.01 Å². The van der Waals surface area contributed by atoms with E-state index in [-0.39, 0.29) is 18.2 Å². The Kier molecular flexibility index (Phi) is 6.61. The SMILES string of the molecule is CCCNc1nc(NC(C)(C)CCO)nc(OC(C)C)n1. The van der Waals surface area contributed by atoms with E-state index in [0.717, 1.165) is 13.0 Å². The number of anilines is 2. The summed E-state index contributed by atoms with van der Waals surface area (Å²) in [6.45, 7) is 10.8. The van der Waals surface area contributed by atoms with Gasteiger partial charge in [0.15, 0.2) is 0 Å². The summed E-state index contributed by atoms with van der Waals surface area (Å²) in [5.74, 6) is 0.933. The van der Waals surface area contributed by atoms with E-state index in [1.807, 2.05) is 27.7 Å². The fourth-order valence-corrected chi connectivity index (χ4v) is 1.64. The topological polar surface area (TPSA) is 92.2 Å². The summed E-state index contributed by atoms with van der Waals surface area (Å²) in [5, 5.41) is 15.4. The Morgan fingerprint density at radius 2 is 1.86 bits per heavy atom. The van der Waals surface area contributed by atoms with Crippen molar-refractivity contribution < 1.29 is 9.84 Å². The molecule has 3 N–H and O–H groups in total. The summed E-state index contributed by atoms with van der Waals surface area (Å²) in [7, 11) is 0. The van der Waals surface area contributed by atoms with Crippen molar-refractivity contribution in [2.24, 2.45) is 0 Å². The number of aliphatic hydroxyl groups excluding tert-OH is 1. The number of aliphatic hydroxyl groups is 1. The fourth-order valence-electron chi connectivity index (χ4n) is 1.64. The molecule has 0 aliphatic rings. The lowest BCUT2D eigenvalue weighted by Gasteiger charge is -2.25. The van der Waals surface area contributed by atoms with Crippen LogP contribution < -0.4 is 15.4 Å². The van der Waals surface area contributed by atoms with E-state index in [4.69, 9.17) is 9.84 Å². The standard InChI is InChI=1S/C14H27N5O2/c1-6-8-15-11-16-12(19-14(4,5)7-9-20)18-13(17-11)21-10(2)3/h10,20H,6-9H2,1-5H3,(H2,15,16,17,18,19). The molecule has 0 bridgehead atoms. The zero-order valence-corrected chi connectivity index (χ0v) is 13.6. The van der Waals surface area contributed by atoms with Gasteiger partial charge >= 0.3 is 6.01 Å². The van der Waals surface area contributed by atoms with Gasteiger partial charge in [-0.3, -0.25) is 0 Å². The first-order chi connectivity index (χ1) is 9.86. The molecule has 0 saturated carbocycles. The number of rotatable bonds is 9. The molecule has 0 aliphatic heterocycles. The normalized spacial score (nSPS) is 11.6. The molecule has 1 aromatic heterocycles. The second kappa shape index (κ2) is 7.97. The maximum atomic E-state index is 9.09. The Labute approximate surface area is 126 Å². The molecule has 1 aromatic rings. The van der Waals surface area contributed by atoms with E-state index in [1.54, 1.807) is 0 Å². The lowest BCUT2D eigenvalue weighted by atomic mass is 10.0. The van der Waals surface area contributed by atoms with Crippen molar-refractivity contribution >= 4 is 11.9 Å². The smallest absolute Gasteiger partial charge is 0.323 e. The molecule has 0 atom stereocenters. The summed E-state index contributed by atoms with van der Waals surface area (Å²) in [6.07, 6.45) is 1.56. The van der Waals surface area contributed by atoms with Crippen LogP contribution in [0.15, 0.2) is 0 Å². The summed E-state index contributed by atoms with van der Waals surface area (Å²) in [6, 6.07) is 0.293. The van der Waals surface area contributed by atoms with Gasteiger partial charge in [-0.25, -0.2) is 0 Å². The van der Waals surface area contributed by atoms with Crippen LogP contribution in [0, 0.1) is 0 Å². The van der Waals surface area contributed by atoms with Crippen LogP contribution in [0.2, 0.25) is 0 Å². The molecule has 0 spiro atoms. The number of nitrogens with zero attached hydrogens (tertiary/aromatic N) is 3. The first-order valence-electron chi connectivity index (χ1n) is 7.42. The molecular weight excluding hydrogens is 270 g/mol. The van der Waals surface area contributed by atoms with Crippen molar-refractivity contribution in [2.75, 3.05) is 23.8 Å². The second-order valence-corrected chi connectivity index (χ2v) is 5.84. The van der Waals surface area contributed by atoms with E-state index in [2.05, 4.69) is 32.5 Å². The molecular formula is C14H27N5O2. The fraction of sp³-hybridized carbons (Fsp3) is 0.786. The molecule has 7 nitrogen and oxygen atoms in total. The van der Waals surface area contributed by atoms with Gasteiger partial charge in [0.1, 0.15) is 0 Å².